The molecule has 0 aromatic carbocycles. The van der Waals surface area contributed by atoms with E-state index in [2.05, 4.69) is 12.2 Å². The Morgan fingerprint density at radius 3 is 2.93 bits per heavy atom. The summed E-state index contributed by atoms with van der Waals surface area (Å²) in [5.41, 5.74) is 5.68. The number of hydrogen-bond donors (Lipinski definition) is 2. The van der Waals surface area contributed by atoms with Crippen molar-refractivity contribution in [1.82, 2.24) is 5.32 Å². The van der Waals surface area contributed by atoms with Crippen LogP contribution in [0.3, 0.4) is 0 Å². The molecule has 3 N–H and O–H groups in total. The minimum atomic E-state index is 0.358. The maximum atomic E-state index is 5.68. The van der Waals surface area contributed by atoms with Crippen LogP contribution in [-0.2, 0) is 4.74 Å². The first-order chi connectivity index (χ1) is 7.29. The molecule has 1 aliphatic heterocycles. The number of nitrogens with one attached hydrogen (secondary N) is 1. The zero-order valence-corrected chi connectivity index (χ0v) is 10.0. The first-order valence-electron chi connectivity index (χ1n) is 6.37. The summed E-state index contributed by atoms with van der Waals surface area (Å²) in [7, 11) is 0. The Morgan fingerprint density at radius 2 is 2.27 bits per heavy atom. The van der Waals surface area contributed by atoms with Gasteiger partial charge in [-0.05, 0) is 52.1 Å². The van der Waals surface area contributed by atoms with Crippen molar-refractivity contribution in [3.8, 4) is 0 Å². The third kappa shape index (κ3) is 6.88. The smallest absolute Gasteiger partial charge is 0.0588 e. The van der Waals surface area contributed by atoms with Crippen LogP contribution in [0.1, 0.15) is 45.4 Å². The molecule has 0 aliphatic carbocycles. The van der Waals surface area contributed by atoms with Crippen LogP contribution in [0.4, 0.5) is 0 Å². The molecule has 0 radical (unpaired) electrons. The summed E-state index contributed by atoms with van der Waals surface area (Å²) in [4.78, 5) is 0. The van der Waals surface area contributed by atoms with E-state index in [1.165, 1.54) is 32.1 Å². The van der Waals surface area contributed by atoms with E-state index in [4.69, 9.17) is 10.5 Å². The van der Waals surface area contributed by atoms with E-state index in [0.717, 1.165) is 26.1 Å². The third-order valence-corrected chi connectivity index (χ3v) is 2.93. The Bertz CT molecular complexity index is 145. The molecule has 0 bridgehead atoms. The Balaban J connectivity index is 1.76. The summed E-state index contributed by atoms with van der Waals surface area (Å²) in [5, 5.41) is 3.47. The highest BCUT2D eigenvalue weighted by Gasteiger charge is 2.13. The Labute approximate surface area is 93.8 Å². The molecule has 0 aromatic rings. The number of unbranched alkanes of at least 4 members (excludes halogenated alkanes) is 1. The predicted octanol–water partition coefficient (Wildman–Crippen LogP) is 1.66. The molecule has 2 atom stereocenters. The van der Waals surface area contributed by atoms with E-state index in [-0.39, 0.29) is 0 Å². The van der Waals surface area contributed by atoms with Crippen LogP contribution in [0, 0.1) is 0 Å². The molecule has 2 unspecified atom stereocenters. The zero-order valence-electron chi connectivity index (χ0n) is 10.0. The highest BCUT2D eigenvalue weighted by molar-refractivity contribution is 4.66. The molecular formula is C12H26N2O. The second kappa shape index (κ2) is 8.08. The average Bonchev–Trinajstić information content (AvgIpc) is 2.68. The van der Waals surface area contributed by atoms with Crippen molar-refractivity contribution >= 4 is 0 Å². The van der Waals surface area contributed by atoms with Gasteiger partial charge in [0, 0.05) is 12.6 Å². The Morgan fingerprint density at radius 1 is 1.40 bits per heavy atom. The second-order valence-corrected chi connectivity index (χ2v) is 4.65. The molecule has 90 valence electrons. The van der Waals surface area contributed by atoms with E-state index in [1.807, 2.05) is 0 Å². The van der Waals surface area contributed by atoms with Gasteiger partial charge in [0.05, 0.1) is 6.10 Å². The molecule has 1 saturated heterocycles. The summed E-state index contributed by atoms with van der Waals surface area (Å²) in [6.07, 6.45) is 7.84. The highest BCUT2D eigenvalue weighted by atomic mass is 16.5. The van der Waals surface area contributed by atoms with Crippen LogP contribution < -0.4 is 11.1 Å². The lowest BCUT2D eigenvalue weighted by molar-refractivity contribution is 0.104. The van der Waals surface area contributed by atoms with Crippen molar-refractivity contribution in [2.24, 2.45) is 5.73 Å². The van der Waals surface area contributed by atoms with Crippen molar-refractivity contribution in [2.45, 2.75) is 57.6 Å². The van der Waals surface area contributed by atoms with Crippen LogP contribution in [0.5, 0.6) is 0 Å². The van der Waals surface area contributed by atoms with Gasteiger partial charge in [-0.1, -0.05) is 6.42 Å². The number of rotatable bonds is 8. The number of nitrogens with two attached hydrogens (primary N) is 1. The van der Waals surface area contributed by atoms with Gasteiger partial charge in [-0.2, -0.15) is 0 Å². The Hall–Kier alpha value is -0.120. The van der Waals surface area contributed by atoms with E-state index in [1.54, 1.807) is 0 Å². The monoisotopic (exact) mass is 214 g/mol. The van der Waals surface area contributed by atoms with E-state index >= 15 is 0 Å². The fourth-order valence-corrected chi connectivity index (χ4v) is 1.98. The van der Waals surface area contributed by atoms with Crippen molar-refractivity contribution in [3.63, 3.8) is 0 Å². The van der Waals surface area contributed by atoms with E-state index in [0.29, 0.717) is 12.1 Å². The fraction of sp³-hybridized carbons (Fsp3) is 1.00. The summed E-state index contributed by atoms with van der Waals surface area (Å²) < 4.78 is 5.56. The molecular weight excluding hydrogens is 188 g/mol. The standard InChI is InChI=1S/C12H26N2O/c1-11(13)5-2-3-8-14-9-7-12-6-4-10-15-12/h11-12,14H,2-10,13H2,1H3. The third-order valence-electron chi connectivity index (χ3n) is 2.93. The molecule has 3 heteroatoms. The van der Waals surface area contributed by atoms with Crippen molar-refractivity contribution in [2.75, 3.05) is 19.7 Å². The molecule has 0 amide bonds. The molecule has 0 aromatic heterocycles. The van der Waals surface area contributed by atoms with Gasteiger partial charge in [-0.25, -0.2) is 0 Å². The van der Waals surface area contributed by atoms with Gasteiger partial charge in [0.2, 0.25) is 0 Å². The lowest BCUT2D eigenvalue weighted by Gasteiger charge is -2.10. The van der Waals surface area contributed by atoms with E-state index in [9.17, 15) is 0 Å². The van der Waals surface area contributed by atoms with Gasteiger partial charge in [0.25, 0.3) is 0 Å². The summed E-state index contributed by atoms with van der Waals surface area (Å²) in [6.45, 7) is 5.27. The quantitative estimate of drug-likeness (QED) is 0.604. The minimum Gasteiger partial charge on any atom is -0.378 e. The normalized spacial score (nSPS) is 23.2. The minimum absolute atomic E-state index is 0.358. The number of hydrogen-bond acceptors (Lipinski definition) is 3. The fourth-order valence-electron chi connectivity index (χ4n) is 1.98. The van der Waals surface area contributed by atoms with Crippen LogP contribution in [0.2, 0.25) is 0 Å². The first kappa shape index (κ1) is 12.9. The summed E-state index contributed by atoms with van der Waals surface area (Å²) in [6, 6.07) is 0.358. The predicted molar refractivity (Wildman–Crippen MR) is 64.0 cm³/mol. The largest absolute Gasteiger partial charge is 0.378 e. The average molecular weight is 214 g/mol. The molecule has 0 saturated carbocycles. The van der Waals surface area contributed by atoms with Crippen molar-refractivity contribution in [1.29, 1.82) is 0 Å². The van der Waals surface area contributed by atoms with Gasteiger partial charge in [0.15, 0.2) is 0 Å². The first-order valence-corrected chi connectivity index (χ1v) is 6.37. The Kier molecular flexibility index (Phi) is 6.98. The maximum absolute atomic E-state index is 5.68. The van der Waals surface area contributed by atoms with Crippen molar-refractivity contribution in [3.05, 3.63) is 0 Å². The molecule has 1 aliphatic rings. The second-order valence-electron chi connectivity index (χ2n) is 4.65. The molecule has 0 spiro atoms. The van der Waals surface area contributed by atoms with Crippen LogP contribution in [0.15, 0.2) is 0 Å². The van der Waals surface area contributed by atoms with Gasteiger partial charge in [-0.3, -0.25) is 0 Å². The lowest BCUT2D eigenvalue weighted by atomic mass is 10.1. The van der Waals surface area contributed by atoms with Gasteiger partial charge < -0.3 is 15.8 Å². The van der Waals surface area contributed by atoms with Crippen LogP contribution >= 0.6 is 0 Å². The van der Waals surface area contributed by atoms with Crippen molar-refractivity contribution < 1.29 is 4.74 Å². The topological polar surface area (TPSA) is 47.3 Å². The highest BCUT2D eigenvalue weighted by Crippen LogP contribution is 2.14. The number of ether oxygens (including phenoxy) is 1. The molecule has 1 fully saturated rings. The van der Waals surface area contributed by atoms with Crippen LogP contribution in [-0.4, -0.2) is 31.8 Å². The SMILES string of the molecule is CC(N)CCCCNCCC1CCCO1. The molecule has 15 heavy (non-hydrogen) atoms. The van der Waals surface area contributed by atoms with E-state index < -0.39 is 0 Å². The maximum Gasteiger partial charge on any atom is 0.0588 e. The lowest BCUT2D eigenvalue weighted by Crippen LogP contribution is -2.22. The summed E-state index contributed by atoms with van der Waals surface area (Å²) >= 11 is 0. The molecule has 1 rings (SSSR count). The van der Waals surface area contributed by atoms with Gasteiger partial charge >= 0.3 is 0 Å². The van der Waals surface area contributed by atoms with Gasteiger partial charge in [-0.15, -0.1) is 0 Å². The molecule has 1 heterocycles. The molecule has 3 nitrogen and oxygen atoms in total. The zero-order chi connectivity index (χ0) is 10.9. The van der Waals surface area contributed by atoms with Crippen LogP contribution in [0.25, 0.3) is 0 Å². The summed E-state index contributed by atoms with van der Waals surface area (Å²) in [5.74, 6) is 0. The van der Waals surface area contributed by atoms with Gasteiger partial charge in [0.1, 0.15) is 0 Å².